The third-order valence-electron chi connectivity index (χ3n) is 6.77. The number of aromatic nitrogens is 2. The molecule has 2 aromatic rings. The van der Waals surface area contributed by atoms with E-state index in [0.29, 0.717) is 5.69 Å². The Labute approximate surface area is 172 Å². The third-order valence-corrected chi connectivity index (χ3v) is 6.77. The molecule has 160 valence electrons. The number of aliphatic hydroxyl groups is 1. The molecule has 3 aliphatic rings. The van der Waals surface area contributed by atoms with Crippen LogP contribution in [0.1, 0.15) is 49.5 Å². The van der Waals surface area contributed by atoms with Crippen molar-refractivity contribution in [3.63, 3.8) is 0 Å². The van der Waals surface area contributed by atoms with Gasteiger partial charge in [-0.1, -0.05) is 0 Å². The Morgan fingerprint density at radius 3 is 2.50 bits per heavy atom. The lowest BCUT2D eigenvalue weighted by Crippen LogP contribution is -2.63. The standard InChI is InChI=1S/C22H24F3N3O2/c23-22(24,25)19-5-4-15(10-27-19)28-12-21(13-28)8-14(9-21)20(29)17-11-26-7-6-18(17)30-16-2-1-3-16/h4-7,10-11,14,16,20,29H,1-3,8-9,12-13H2. The number of halogens is 3. The van der Waals surface area contributed by atoms with Crippen LogP contribution in [0.3, 0.4) is 0 Å². The average molecular weight is 419 g/mol. The summed E-state index contributed by atoms with van der Waals surface area (Å²) in [4.78, 5) is 9.76. The maximum Gasteiger partial charge on any atom is 0.433 e. The van der Waals surface area contributed by atoms with Crippen molar-refractivity contribution in [2.75, 3.05) is 18.0 Å². The molecule has 1 N–H and O–H groups in total. The Morgan fingerprint density at radius 1 is 1.13 bits per heavy atom. The van der Waals surface area contributed by atoms with Gasteiger partial charge in [0.1, 0.15) is 11.4 Å². The quantitative estimate of drug-likeness (QED) is 0.780. The van der Waals surface area contributed by atoms with Crippen LogP contribution in [-0.2, 0) is 6.18 Å². The highest BCUT2D eigenvalue weighted by atomic mass is 19.4. The summed E-state index contributed by atoms with van der Waals surface area (Å²) in [5.74, 6) is 0.875. The van der Waals surface area contributed by atoms with Crippen LogP contribution in [0.15, 0.2) is 36.8 Å². The predicted molar refractivity (Wildman–Crippen MR) is 104 cm³/mol. The summed E-state index contributed by atoms with van der Waals surface area (Å²) < 4.78 is 44.0. The van der Waals surface area contributed by atoms with E-state index in [1.165, 1.54) is 18.7 Å². The Bertz CT molecular complexity index is 901. The van der Waals surface area contributed by atoms with E-state index >= 15 is 0 Å². The second kappa shape index (κ2) is 7.11. The second-order valence-corrected chi connectivity index (χ2v) is 8.95. The summed E-state index contributed by atoms with van der Waals surface area (Å²) >= 11 is 0. The van der Waals surface area contributed by atoms with Gasteiger partial charge in [0.25, 0.3) is 0 Å². The molecule has 5 rings (SSSR count). The molecule has 1 aliphatic heterocycles. The normalized spacial score (nSPS) is 22.2. The lowest BCUT2D eigenvalue weighted by Gasteiger charge is -2.60. The lowest BCUT2D eigenvalue weighted by atomic mass is 9.55. The van der Waals surface area contributed by atoms with Gasteiger partial charge in [-0.2, -0.15) is 13.2 Å². The van der Waals surface area contributed by atoms with Gasteiger partial charge in [-0.05, 0) is 56.2 Å². The maximum atomic E-state index is 12.7. The molecule has 30 heavy (non-hydrogen) atoms. The van der Waals surface area contributed by atoms with E-state index in [4.69, 9.17) is 4.74 Å². The molecular weight excluding hydrogens is 395 g/mol. The number of anilines is 1. The Hall–Kier alpha value is -2.35. The topological polar surface area (TPSA) is 58.5 Å². The monoisotopic (exact) mass is 419 g/mol. The van der Waals surface area contributed by atoms with Crippen LogP contribution in [0.5, 0.6) is 5.75 Å². The van der Waals surface area contributed by atoms with Gasteiger partial charge >= 0.3 is 6.18 Å². The second-order valence-electron chi connectivity index (χ2n) is 8.95. The SMILES string of the molecule is OC(c1cnccc1OC1CCC1)C1CC2(C1)CN(c1ccc(C(F)(F)F)nc1)C2. The number of pyridine rings is 2. The largest absolute Gasteiger partial charge is 0.490 e. The average Bonchev–Trinajstić information content (AvgIpc) is 2.62. The summed E-state index contributed by atoms with van der Waals surface area (Å²) in [5, 5.41) is 10.9. The number of nitrogens with zero attached hydrogens (tertiary/aromatic N) is 3. The Morgan fingerprint density at radius 2 is 1.90 bits per heavy atom. The fourth-order valence-corrected chi connectivity index (χ4v) is 4.87. The number of hydrogen-bond donors (Lipinski definition) is 1. The van der Waals surface area contributed by atoms with Crippen LogP contribution in [0.2, 0.25) is 0 Å². The molecule has 5 nitrogen and oxygen atoms in total. The highest BCUT2D eigenvalue weighted by molar-refractivity contribution is 5.49. The van der Waals surface area contributed by atoms with Crippen molar-refractivity contribution in [1.29, 1.82) is 0 Å². The summed E-state index contributed by atoms with van der Waals surface area (Å²) in [6.07, 6.45) is 4.96. The van der Waals surface area contributed by atoms with Gasteiger partial charge in [0.15, 0.2) is 0 Å². The zero-order valence-electron chi connectivity index (χ0n) is 16.5. The summed E-state index contributed by atoms with van der Waals surface area (Å²) in [5.41, 5.74) is 0.726. The zero-order valence-corrected chi connectivity index (χ0v) is 16.5. The van der Waals surface area contributed by atoms with E-state index in [9.17, 15) is 18.3 Å². The molecule has 0 amide bonds. The highest BCUT2D eigenvalue weighted by Crippen LogP contribution is 2.57. The first-order valence-corrected chi connectivity index (χ1v) is 10.4. The van der Waals surface area contributed by atoms with Gasteiger partial charge in [-0.25, -0.2) is 4.98 Å². The molecule has 0 aromatic carbocycles. The van der Waals surface area contributed by atoms with Crippen molar-refractivity contribution >= 4 is 5.69 Å². The molecule has 0 bridgehead atoms. The van der Waals surface area contributed by atoms with Crippen molar-refractivity contribution in [2.24, 2.45) is 11.3 Å². The first-order chi connectivity index (χ1) is 14.3. The van der Waals surface area contributed by atoms with Crippen LogP contribution in [-0.4, -0.2) is 34.3 Å². The number of ether oxygens (including phenoxy) is 1. The van der Waals surface area contributed by atoms with E-state index < -0.39 is 18.0 Å². The molecule has 8 heteroatoms. The van der Waals surface area contributed by atoms with Crippen LogP contribution in [0, 0.1) is 11.3 Å². The van der Waals surface area contributed by atoms with Crippen molar-refractivity contribution in [2.45, 2.75) is 50.5 Å². The molecule has 1 saturated heterocycles. The summed E-state index contributed by atoms with van der Waals surface area (Å²) in [6.45, 7) is 1.56. The van der Waals surface area contributed by atoms with Crippen LogP contribution in [0.25, 0.3) is 0 Å². The lowest BCUT2D eigenvalue weighted by molar-refractivity contribution is -0.141. The van der Waals surface area contributed by atoms with E-state index in [1.54, 1.807) is 12.4 Å². The van der Waals surface area contributed by atoms with Crippen molar-refractivity contribution < 1.29 is 23.0 Å². The first kappa shape index (κ1) is 19.6. The van der Waals surface area contributed by atoms with Crippen LogP contribution in [0.4, 0.5) is 18.9 Å². The van der Waals surface area contributed by atoms with Gasteiger partial charge in [0, 0.05) is 36.5 Å². The minimum atomic E-state index is -4.42. The van der Waals surface area contributed by atoms with E-state index in [2.05, 4.69) is 9.97 Å². The zero-order chi connectivity index (χ0) is 20.9. The molecule has 3 heterocycles. The van der Waals surface area contributed by atoms with Crippen LogP contribution < -0.4 is 9.64 Å². The van der Waals surface area contributed by atoms with E-state index in [1.807, 2.05) is 11.0 Å². The smallest absolute Gasteiger partial charge is 0.433 e. The van der Waals surface area contributed by atoms with Gasteiger partial charge in [0.05, 0.1) is 24.1 Å². The van der Waals surface area contributed by atoms with Gasteiger partial charge in [0.2, 0.25) is 0 Å². The van der Waals surface area contributed by atoms with Crippen molar-refractivity contribution in [3.05, 3.63) is 48.0 Å². The Kier molecular flexibility index (Phi) is 4.65. The third kappa shape index (κ3) is 3.51. The molecule has 1 unspecified atom stereocenters. The highest BCUT2D eigenvalue weighted by Gasteiger charge is 2.54. The van der Waals surface area contributed by atoms with Crippen molar-refractivity contribution in [1.82, 2.24) is 9.97 Å². The number of alkyl halides is 3. The van der Waals surface area contributed by atoms with Gasteiger partial charge in [-0.3, -0.25) is 4.98 Å². The number of aliphatic hydroxyl groups excluding tert-OH is 1. The van der Waals surface area contributed by atoms with Crippen LogP contribution >= 0.6 is 0 Å². The molecule has 1 spiro atoms. The van der Waals surface area contributed by atoms with E-state index in [0.717, 1.165) is 56.2 Å². The molecule has 2 aliphatic carbocycles. The summed E-state index contributed by atoms with van der Waals surface area (Å²) in [6, 6.07) is 4.33. The molecule has 0 radical (unpaired) electrons. The first-order valence-electron chi connectivity index (χ1n) is 10.4. The maximum absolute atomic E-state index is 12.7. The minimum absolute atomic E-state index is 0.131. The van der Waals surface area contributed by atoms with Gasteiger partial charge < -0.3 is 14.7 Å². The Balaban J connectivity index is 1.17. The number of rotatable bonds is 5. The van der Waals surface area contributed by atoms with Gasteiger partial charge in [-0.15, -0.1) is 0 Å². The molecule has 2 saturated carbocycles. The molecule has 2 aromatic heterocycles. The fraction of sp³-hybridized carbons (Fsp3) is 0.545. The molecule has 3 fully saturated rings. The molecular formula is C22H24F3N3O2. The molecule has 1 atom stereocenters. The number of hydrogen-bond acceptors (Lipinski definition) is 5. The van der Waals surface area contributed by atoms with Crippen molar-refractivity contribution in [3.8, 4) is 5.75 Å². The summed E-state index contributed by atoms with van der Waals surface area (Å²) in [7, 11) is 0. The van der Waals surface area contributed by atoms with E-state index in [-0.39, 0.29) is 17.4 Å². The fourth-order valence-electron chi connectivity index (χ4n) is 4.87. The predicted octanol–water partition coefficient (Wildman–Crippen LogP) is 4.38. The minimum Gasteiger partial charge on any atom is -0.490 e.